The largest absolute Gasteiger partial charge is 0.507 e. The summed E-state index contributed by atoms with van der Waals surface area (Å²) in [6.07, 6.45) is -1.08. The number of carbonyl (C=O) groups excluding carboxylic acids is 3. The lowest BCUT2D eigenvalue weighted by molar-refractivity contribution is -0.123. The maximum atomic E-state index is 12.7. The molecule has 0 heterocycles. The smallest absolute Gasteiger partial charge is 0.342 e. The quantitative estimate of drug-likeness (QED) is 0.553. The molecule has 0 spiro atoms. The zero-order valence-corrected chi connectivity index (χ0v) is 18.8. The molecule has 2 amide bonds. The molecule has 0 fully saturated rings. The van der Waals surface area contributed by atoms with Gasteiger partial charge in [-0.05, 0) is 60.2 Å². The van der Waals surface area contributed by atoms with Crippen LogP contribution in [0, 0.1) is 0 Å². The Morgan fingerprint density at radius 3 is 1.90 bits per heavy atom. The van der Waals surface area contributed by atoms with Gasteiger partial charge in [-0.2, -0.15) is 0 Å². The number of ether oxygens (including phenoxy) is 1. The van der Waals surface area contributed by atoms with Gasteiger partial charge < -0.3 is 20.5 Å². The molecular formula is C24H30N2O5. The maximum absolute atomic E-state index is 12.7. The van der Waals surface area contributed by atoms with E-state index in [9.17, 15) is 19.5 Å². The van der Waals surface area contributed by atoms with Crippen molar-refractivity contribution in [2.45, 2.75) is 59.5 Å². The number of hydrogen-bond donors (Lipinski definition) is 3. The zero-order chi connectivity index (χ0) is 23.3. The molecule has 0 aliphatic rings. The van der Waals surface area contributed by atoms with Crippen LogP contribution < -0.4 is 10.6 Å². The summed E-state index contributed by atoms with van der Waals surface area (Å²) in [5.74, 6) is -1.40. The molecule has 0 aliphatic heterocycles. The molecule has 0 aliphatic carbocycles. The Balaban J connectivity index is 2.12. The van der Waals surface area contributed by atoms with Gasteiger partial charge in [0, 0.05) is 18.3 Å². The van der Waals surface area contributed by atoms with E-state index >= 15 is 0 Å². The van der Waals surface area contributed by atoms with Crippen LogP contribution in [0.4, 0.5) is 11.4 Å². The predicted molar refractivity (Wildman–Crippen MR) is 121 cm³/mol. The second-order valence-corrected chi connectivity index (χ2v) is 8.11. The molecule has 2 aromatic rings. The highest BCUT2D eigenvalue weighted by Crippen LogP contribution is 2.33. The lowest BCUT2D eigenvalue weighted by Crippen LogP contribution is -2.30. The summed E-state index contributed by atoms with van der Waals surface area (Å²) < 4.78 is 5.33. The normalized spacial score (nSPS) is 11.9. The lowest BCUT2D eigenvalue weighted by Gasteiger charge is -2.18. The van der Waals surface area contributed by atoms with Gasteiger partial charge in [0.05, 0.1) is 0 Å². The van der Waals surface area contributed by atoms with Gasteiger partial charge in [0.25, 0.3) is 5.91 Å². The van der Waals surface area contributed by atoms with Crippen LogP contribution in [0.5, 0.6) is 5.75 Å². The second kappa shape index (κ2) is 10.1. The molecule has 0 radical (unpaired) electrons. The molecule has 166 valence electrons. The summed E-state index contributed by atoms with van der Waals surface area (Å²) in [7, 11) is 0. The molecule has 3 N–H and O–H groups in total. The molecule has 0 aromatic heterocycles. The van der Waals surface area contributed by atoms with Crippen LogP contribution in [-0.2, 0) is 14.3 Å². The minimum absolute atomic E-state index is 0.0198. The van der Waals surface area contributed by atoms with Crippen molar-refractivity contribution in [1.82, 2.24) is 0 Å². The van der Waals surface area contributed by atoms with Crippen LogP contribution in [0.1, 0.15) is 74.9 Å². The summed E-state index contributed by atoms with van der Waals surface area (Å²) in [6.45, 7) is 10.7. The Bertz CT molecular complexity index is 965. The number of phenols is 1. The first kappa shape index (κ1) is 23.9. The zero-order valence-electron chi connectivity index (χ0n) is 18.8. The summed E-state index contributed by atoms with van der Waals surface area (Å²) in [6, 6.07) is 10.1. The number of esters is 1. The third kappa shape index (κ3) is 6.31. The first-order valence-corrected chi connectivity index (χ1v) is 10.3. The fourth-order valence-electron chi connectivity index (χ4n) is 2.97. The Morgan fingerprint density at radius 2 is 1.42 bits per heavy atom. The van der Waals surface area contributed by atoms with Gasteiger partial charge >= 0.3 is 5.97 Å². The van der Waals surface area contributed by atoms with Crippen molar-refractivity contribution in [3.8, 4) is 5.75 Å². The SMILES string of the molecule is CC(=O)Nc1ccc(NC(=O)[C@H](C)OC(=O)c2cc(C(C)C)cc(C(C)C)c2O)cc1. The Morgan fingerprint density at radius 1 is 0.871 bits per heavy atom. The molecule has 2 aromatic carbocycles. The first-order valence-electron chi connectivity index (χ1n) is 10.3. The van der Waals surface area contributed by atoms with Crippen LogP contribution in [0.2, 0.25) is 0 Å². The maximum Gasteiger partial charge on any atom is 0.342 e. The molecule has 2 rings (SSSR count). The van der Waals surface area contributed by atoms with Gasteiger partial charge in [-0.1, -0.05) is 33.8 Å². The number of hydrogen-bond acceptors (Lipinski definition) is 5. The van der Waals surface area contributed by atoms with E-state index in [1.807, 2.05) is 33.8 Å². The van der Waals surface area contributed by atoms with Gasteiger partial charge in [-0.25, -0.2) is 4.79 Å². The minimum Gasteiger partial charge on any atom is -0.507 e. The van der Waals surface area contributed by atoms with E-state index < -0.39 is 18.0 Å². The molecule has 1 atom stereocenters. The number of rotatable bonds is 7. The van der Waals surface area contributed by atoms with Crippen LogP contribution in [0.3, 0.4) is 0 Å². The van der Waals surface area contributed by atoms with E-state index in [0.29, 0.717) is 16.9 Å². The van der Waals surface area contributed by atoms with Crippen LogP contribution >= 0.6 is 0 Å². The van der Waals surface area contributed by atoms with Crippen LogP contribution in [0.15, 0.2) is 36.4 Å². The number of anilines is 2. The molecule has 0 saturated heterocycles. The molecule has 7 heteroatoms. The van der Waals surface area contributed by atoms with Crippen molar-refractivity contribution in [3.05, 3.63) is 53.1 Å². The van der Waals surface area contributed by atoms with Gasteiger partial charge in [0.15, 0.2) is 6.10 Å². The van der Waals surface area contributed by atoms with Gasteiger partial charge in [0.1, 0.15) is 11.3 Å². The molecule has 0 bridgehead atoms. The number of carbonyl (C=O) groups is 3. The molecule has 7 nitrogen and oxygen atoms in total. The third-order valence-corrected chi connectivity index (χ3v) is 4.80. The fraction of sp³-hybridized carbons (Fsp3) is 0.375. The van der Waals surface area contributed by atoms with Gasteiger partial charge in [-0.15, -0.1) is 0 Å². The first-order chi connectivity index (χ1) is 14.5. The summed E-state index contributed by atoms with van der Waals surface area (Å²) >= 11 is 0. The summed E-state index contributed by atoms with van der Waals surface area (Å²) in [5.41, 5.74) is 2.72. The minimum atomic E-state index is -1.08. The van der Waals surface area contributed by atoms with Crippen molar-refractivity contribution in [2.75, 3.05) is 10.6 Å². The summed E-state index contributed by atoms with van der Waals surface area (Å²) in [4.78, 5) is 36.3. The van der Waals surface area contributed by atoms with Gasteiger partial charge in [-0.3, -0.25) is 9.59 Å². The van der Waals surface area contributed by atoms with Crippen molar-refractivity contribution in [2.24, 2.45) is 0 Å². The topological polar surface area (TPSA) is 105 Å². The Labute approximate surface area is 182 Å². The van der Waals surface area contributed by atoms with E-state index in [1.54, 1.807) is 30.3 Å². The van der Waals surface area contributed by atoms with E-state index in [-0.39, 0.29) is 29.1 Å². The van der Waals surface area contributed by atoms with E-state index in [4.69, 9.17) is 4.74 Å². The Hall–Kier alpha value is -3.35. The number of nitrogens with one attached hydrogen (secondary N) is 2. The average molecular weight is 427 g/mol. The molecule has 0 saturated carbocycles. The molecule has 31 heavy (non-hydrogen) atoms. The standard InChI is InChI=1S/C24H30N2O5/c1-13(2)17-11-20(14(3)4)22(28)21(12-17)24(30)31-15(5)23(29)26-19-9-7-18(8-10-19)25-16(6)27/h7-15,28H,1-6H3,(H,25,27)(H,26,29)/t15-/m0/s1. The lowest BCUT2D eigenvalue weighted by atomic mass is 9.92. The highest BCUT2D eigenvalue weighted by Gasteiger charge is 2.24. The average Bonchev–Trinajstić information content (AvgIpc) is 2.68. The van der Waals surface area contributed by atoms with E-state index in [1.165, 1.54) is 13.8 Å². The van der Waals surface area contributed by atoms with Crippen molar-refractivity contribution >= 4 is 29.2 Å². The predicted octanol–water partition coefficient (Wildman–Crippen LogP) is 4.78. The number of phenolic OH excluding ortho intramolecular Hbond substituents is 1. The van der Waals surface area contributed by atoms with Crippen molar-refractivity contribution < 1.29 is 24.2 Å². The Kier molecular flexibility index (Phi) is 7.80. The van der Waals surface area contributed by atoms with Gasteiger partial charge in [0.2, 0.25) is 5.91 Å². The highest BCUT2D eigenvalue weighted by atomic mass is 16.5. The molecule has 0 unspecified atom stereocenters. The van der Waals surface area contributed by atoms with Crippen LogP contribution in [-0.4, -0.2) is 29.0 Å². The highest BCUT2D eigenvalue weighted by molar-refractivity contribution is 5.99. The van der Waals surface area contributed by atoms with Crippen molar-refractivity contribution in [3.63, 3.8) is 0 Å². The monoisotopic (exact) mass is 426 g/mol. The number of benzene rings is 2. The van der Waals surface area contributed by atoms with Crippen LogP contribution in [0.25, 0.3) is 0 Å². The third-order valence-electron chi connectivity index (χ3n) is 4.80. The fourth-order valence-corrected chi connectivity index (χ4v) is 2.97. The van der Waals surface area contributed by atoms with Crippen molar-refractivity contribution in [1.29, 1.82) is 0 Å². The molecular weight excluding hydrogens is 396 g/mol. The number of amides is 2. The van der Waals surface area contributed by atoms with E-state index in [2.05, 4.69) is 10.6 Å². The second-order valence-electron chi connectivity index (χ2n) is 8.11. The number of aromatic hydroxyl groups is 1. The summed E-state index contributed by atoms with van der Waals surface area (Å²) in [5, 5.41) is 15.9. The van der Waals surface area contributed by atoms with E-state index in [0.717, 1.165) is 5.56 Å².